The lowest BCUT2D eigenvalue weighted by Gasteiger charge is -2.38. The highest BCUT2D eigenvalue weighted by atomic mass is 16.5. The lowest BCUT2D eigenvalue weighted by molar-refractivity contribution is -0.0845. The summed E-state index contributed by atoms with van der Waals surface area (Å²) in [6.07, 6.45) is 4.77. The Balaban J connectivity index is 2.33. The molecule has 1 heterocycles. The van der Waals surface area contributed by atoms with Gasteiger partial charge in [-0.3, -0.25) is 0 Å². The molecule has 0 radical (unpaired) electrons. The van der Waals surface area contributed by atoms with Gasteiger partial charge in [-0.2, -0.15) is 0 Å². The van der Waals surface area contributed by atoms with Crippen molar-refractivity contribution in [3.05, 3.63) is 17.6 Å². The fraction of sp³-hybridized carbons (Fsp3) is 0.600. The SMILES string of the molecule is COC1(c2ncc(CN)c(N)n2)CCC1. The fourth-order valence-electron chi connectivity index (χ4n) is 1.81. The van der Waals surface area contributed by atoms with Crippen molar-refractivity contribution in [1.82, 2.24) is 9.97 Å². The minimum absolute atomic E-state index is 0.304. The first-order valence-corrected chi connectivity index (χ1v) is 5.09. The number of rotatable bonds is 3. The van der Waals surface area contributed by atoms with Crippen LogP contribution in [0.3, 0.4) is 0 Å². The molecule has 0 aliphatic heterocycles. The van der Waals surface area contributed by atoms with E-state index in [0.29, 0.717) is 18.2 Å². The Bertz CT molecular complexity index is 357. The maximum Gasteiger partial charge on any atom is 0.162 e. The Kier molecular flexibility index (Phi) is 2.58. The van der Waals surface area contributed by atoms with Gasteiger partial charge in [0, 0.05) is 25.4 Å². The molecular formula is C10H16N4O. The van der Waals surface area contributed by atoms with Crippen LogP contribution in [0.25, 0.3) is 0 Å². The molecule has 5 heteroatoms. The van der Waals surface area contributed by atoms with E-state index in [1.807, 2.05) is 0 Å². The highest BCUT2D eigenvalue weighted by Crippen LogP contribution is 2.42. The molecule has 0 unspecified atom stereocenters. The van der Waals surface area contributed by atoms with Crippen molar-refractivity contribution >= 4 is 5.82 Å². The van der Waals surface area contributed by atoms with E-state index in [0.717, 1.165) is 24.8 Å². The summed E-state index contributed by atoms with van der Waals surface area (Å²) < 4.78 is 5.48. The zero-order chi connectivity index (χ0) is 10.9. The van der Waals surface area contributed by atoms with Crippen molar-refractivity contribution in [2.45, 2.75) is 31.4 Å². The van der Waals surface area contributed by atoms with Crippen molar-refractivity contribution in [2.75, 3.05) is 12.8 Å². The monoisotopic (exact) mass is 208 g/mol. The third kappa shape index (κ3) is 1.57. The topological polar surface area (TPSA) is 87.0 Å². The summed E-state index contributed by atoms with van der Waals surface area (Å²) in [7, 11) is 1.69. The maximum absolute atomic E-state index is 5.78. The van der Waals surface area contributed by atoms with Crippen LogP contribution < -0.4 is 11.5 Å². The highest BCUT2D eigenvalue weighted by molar-refractivity contribution is 5.38. The minimum Gasteiger partial charge on any atom is -0.383 e. The van der Waals surface area contributed by atoms with E-state index >= 15 is 0 Å². The summed E-state index contributed by atoms with van der Waals surface area (Å²) in [5.74, 6) is 1.15. The van der Waals surface area contributed by atoms with Gasteiger partial charge in [0.15, 0.2) is 5.82 Å². The summed E-state index contributed by atoms with van der Waals surface area (Å²) in [6, 6.07) is 0. The Morgan fingerprint density at radius 2 is 2.27 bits per heavy atom. The summed E-state index contributed by atoms with van der Waals surface area (Å²) in [5.41, 5.74) is 11.8. The van der Waals surface area contributed by atoms with Crippen LogP contribution in [0.1, 0.15) is 30.7 Å². The van der Waals surface area contributed by atoms with Crippen LogP contribution in [0.4, 0.5) is 5.82 Å². The molecule has 1 aromatic rings. The largest absolute Gasteiger partial charge is 0.383 e. The second-order valence-electron chi connectivity index (χ2n) is 3.86. The van der Waals surface area contributed by atoms with Crippen LogP contribution in [0.2, 0.25) is 0 Å². The van der Waals surface area contributed by atoms with Gasteiger partial charge in [0.05, 0.1) is 0 Å². The Morgan fingerprint density at radius 3 is 2.67 bits per heavy atom. The summed E-state index contributed by atoms with van der Waals surface area (Å²) in [5, 5.41) is 0. The third-order valence-electron chi connectivity index (χ3n) is 3.08. The minimum atomic E-state index is -0.304. The number of methoxy groups -OCH3 is 1. The van der Waals surface area contributed by atoms with Gasteiger partial charge in [-0.25, -0.2) is 9.97 Å². The van der Waals surface area contributed by atoms with E-state index in [1.54, 1.807) is 13.3 Å². The van der Waals surface area contributed by atoms with E-state index < -0.39 is 0 Å². The zero-order valence-electron chi connectivity index (χ0n) is 8.86. The van der Waals surface area contributed by atoms with Gasteiger partial charge in [-0.1, -0.05) is 0 Å². The van der Waals surface area contributed by atoms with E-state index in [4.69, 9.17) is 16.2 Å². The molecule has 1 aliphatic carbocycles. The molecule has 0 atom stereocenters. The van der Waals surface area contributed by atoms with Gasteiger partial charge in [-0.15, -0.1) is 0 Å². The van der Waals surface area contributed by atoms with Crippen LogP contribution in [0.5, 0.6) is 0 Å². The number of nitrogens with two attached hydrogens (primary N) is 2. The predicted octanol–water partition coefficient (Wildman–Crippen LogP) is 0.543. The van der Waals surface area contributed by atoms with Crippen molar-refractivity contribution in [3.63, 3.8) is 0 Å². The van der Waals surface area contributed by atoms with Gasteiger partial charge in [0.2, 0.25) is 0 Å². The Morgan fingerprint density at radius 1 is 1.53 bits per heavy atom. The van der Waals surface area contributed by atoms with Gasteiger partial charge >= 0.3 is 0 Å². The number of ether oxygens (including phenoxy) is 1. The quantitative estimate of drug-likeness (QED) is 0.757. The molecule has 1 fully saturated rings. The molecule has 0 aromatic carbocycles. The van der Waals surface area contributed by atoms with Crippen molar-refractivity contribution in [2.24, 2.45) is 5.73 Å². The second-order valence-corrected chi connectivity index (χ2v) is 3.86. The van der Waals surface area contributed by atoms with Crippen LogP contribution in [-0.2, 0) is 16.9 Å². The van der Waals surface area contributed by atoms with Crippen LogP contribution in [0.15, 0.2) is 6.20 Å². The van der Waals surface area contributed by atoms with Crippen molar-refractivity contribution < 1.29 is 4.74 Å². The number of aromatic nitrogens is 2. The van der Waals surface area contributed by atoms with Gasteiger partial charge < -0.3 is 16.2 Å². The molecule has 5 nitrogen and oxygen atoms in total. The summed E-state index contributed by atoms with van der Waals surface area (Å²) in [4.78, 5) is 8.55. The van der Waals surface area contributed by atoms with E-state index in [1.165, 1.54) is 0 Å². The maximum atomic E-state index is 5.78. The average Bonchev–Trinajstić information content (AvgIpc) is 2.17. The molecule has 0 amide bonds. The van der Waals surface area contributed by atoms with Crippen LogP contribution in [-0.4, -0.2) is 17.1 Å². The summed E-state index contributed by atoms with van der Waals surface area (Å²) in [6.45, 7) is 0.367. The first-order valence-electron chi connectivity index (χ1n) is 5.09. The van der Waals surface area contributed by atoms with E-state index in [9.17, 15) is 0 Å². The van der Waals surface area contributed by atoms with Crippen molar-refractivity contribution in [3.8, 4) is 0 Å². The molecule has 1 aliphatic rings. The molecular weight excluding hydrogens is 192 g/mol. The van der Waals surface area contributed by atoms with Crippen LogP contribution in [0, 0.1) is 0 Å². The highest BCUT2D eigenvalue weighted by Gasteiger charge is 2.41. The lowest BCUT2D eigenvalue weighted by atomic mass is 9.79. The van der Waals surface area contributed by atoms with E-state index in [-0.39, 0.29) is 5.60 Å². The van der Waals surface area contributed by atoms with Crippen LogP contribution >= 0.6 is 0 Å². The first-order chi connectivity index (χ1) is 7.22. The predicted molar refractivity (Wildman–Crippen MR) is 56.9 cm³/mol. The van der Waals surface area contributed by atoms with Crippen molar-refractivity contribution in [1.29, 1.82) is 0 Å². The Labute approximate surface area is 88.8 Å². The van der Waals surface area contributed by atoms with Gasteiger partial charge in [0.25, 0.3) is 0 Å². The smallest absolute Gasteiger partial charge is 0.162 e. The molecule has 1 aromatic heterocycles. The Hall–Kier alpha value is -1.20. The number of hydrogen-bond donors (Lipinski definition) is 2. The van der Waals surface area contributed by atoms with Gasteiger partial charge in [0.1, 0.15) is 11.4 Å². The summed E-state index contributed by atoms with van der Waals surface area (Å²) >= 11 is 0. The molecule has 0 bridgehead atoms. The average molecular weight is 208 g/mol. The fourth-order valence-corrected chi connectivity index (χ4v) is 1.81. The molecule has 4 N–H and O–H groups in total. The van der Waals surface area contributed by atoms with E-state index in [2.05, 4.69) is 9.97 Å². The molecule has 82 valence electrons. The van der Waals surface area contributed by atoms with Gasteiger partial charge in [-0.05, 0) is 19.3 Å². The number of nitrogen functional groups attached to an aromatic ring is 1. The normalized spacial score (nSPS) is 18.5. The lowest BCUT2D eigenvalue weighted by Crippen LogP contribution is -2.38. The first kappa shape index (κ1) is 10.3. The number of anilines is 1. The molecule has 0 saturated heterocycles. The molecule has 2 rings (SSSR count). The number of nitrogens with zero attached hydrogens (tertiary/aromatic N) is 2. The number of hydrogen-bond acceptors (Lipinski definition) is 5. The third-order valence-corrected chi connectivity index (χ3v) is 3.08. The molecule has 1 saturated carbocycles. The molecule has 15 heavy (non-hydrogen) atoms. The second kappa shape index (κ2) is 3.75. The standard InChI is InChI=1S/C10H16N4O/c1-15-10(3-2-4-10)9-13-6-7(5-11)8(12)14-9/h6H,2-5,11H2,1H3,(H2,12,13,14). The zero-order valence-corrected chi connectivity index (χ0v) is 8.86. The molecule has 0 spiro atoms.